The van der Waals surface area contributed by atoms with Crippen LogP contribution in [0.2, 0.25) is 0 Å². The molecule has 0 saturated heterocycles. The van der Waals surface area contributed by atoms with Gasteiger partial charge >= 0.3 is 0 Å². The molecule has 4 rings (SSSR count). The van der Waals surface area contributed by atoms with Gasteiger partial charge in [0.1, 0.15) is 11.9 Å². The summed E-state index contributed by atoms with van der Waals surface area (Å²) in [4.78, 5) is 14.2. The molecule has 0 spiro atoms. The van der Waals surface area contributed by atoms with Crippen molar-refractivity contribution in [3.05, 3.63) is 71.8 Å². The van der Waals surface area contributed by atoms with Gasteiger partial charge in [-0.1, -0.05) is 49.4 Å². The van der Waals surface area contributed by atoms with E-state index in [9.17, 15) is 4.79 Å². The molecule has 1 aliphatic heterocycles. The van der Waals surface area contributed by atoms with Crippen LogP contribution in [-0.4, -0.2) is 18.4 Å². The molecule has 1 aliphatic rings. The normalized spacial score (nSPS) is 16.2. The summed E-state index contributed by atoms with van der Waals surface area (Å²) in [6.45, 7) is 5.38. The first-order chi connectivity index (χ1) is 12.7. The Labute approximate surface area is 154 Å². The number of fused-ring (bicyclic) bond motifs is 2. The van der Waals surface area contributed by atoms with Crippen molar-refractivity contribution in [1.82, 2.24) is 0 Å². The van der Waals surface area contributed by atoms with Crippen molar-refractivity contribution in [2.75, 3.05) is 11.4 Å². The van der Waals surface area contributed by atoms with Crippen LogP contribution in [-0.2, 0) is 6.54 Å². The molecule has 0 saturated carbocycles. The fraction of sp³-hybridized carbons (Fsp3) is 0.261. The van der Waals surface area contributed by atoms with Crippen LogP contribution in [0.25, 0.3) is 10.8 Å². The summed E-state index contributed by atoms with van der Waals surface area (Å²) in [5.74, 6) is 0.948. The summed E-state index contributed by atoms with van der Waals surface area (Å²) >= 11 is 0. The summed E-state index contributed by atoms with van der Waals surface area (Å²) in [6.07, 6.45) is 1.13. The Morgan fingerprint density at radius 1 is 1.12 bits per heavy atom. The smallest absolute Gasteiger partial charge is 0.159 e. The number of hydrogen-bond donors (Lipinski definition) is 0. The van der Waals surface area contributed by atoms with E-state index >= 15 is 0 Å². The quantitative estimate of drug-likeness (QED) is 0.607. The Hall–Kier alpha value is -2.81. The molecule has 0 aliphatic carbocycles. The lowest BCUT2D eigenvalue weighted by Gasteiger charge is -2.36. The molecule has 1 heterocycles. The molecule has 3 heteroatoms. The first kappa shape index (κ1) is 16.6. The third-order valence-corrected chi connectivity index (χ3v) is 5.12. The Kier molecular flexibility index (Phi) is 4.37. The topological polar surface area (TPSA) is 29.5 Å². The van der Waals surface area contributed by atoms with E-state index in [1.54, 1.807) is 6.92 Å². The second-order valence-corrected chi connectivity index (χ2v) is 6.91. The van der Waals surface area contributed by atoms with E-state index in [1.165, 1.54) is 16.3 Å². The molecular formula is C23H23NO2. The fourth-order valence-corrected chi connectivity index (χ4v) is 3.64. The monoisotopic (exact) mass is 345 g/mol. The van der Waals surface area contributed by atoms with Gasteiger partial charge in [0.25, 0.3) is 0 Å². The minimum atomic E-state index is 0.0792. The Balaban J connectivity index is 1.76. The zero-order valence-corrected chi connectivity index (χ0v) is 15.2. The SMILES string of the molecule is CCC1CN(Cc2cccc3ccccc23)c2cc(C(C)=O)ccc2O1. The molecule has 26 heavy (non-hydrogen) atoms. The highest BCUT2D eigenvalue weighted by Gasteiger charge is 2.25. The second kappa shape index (κ2) is 6.83. The molecule has 132 valence electrons. The van der Waals surface area contributed by atoms with Crippen LogP contribution in [0.15, 0.2) is 60.7 Å². The largest absolute Gasteiger partial charge is 0.486 e. The summed E-state index contributed by atoms with van der Waals surface area (Å²) < 4.78 is 6.12. The number of carbonyl (C=O) groups excluding carboxylic acids is 1. The van der Waals surface area contributed by atoms with E-state index in [0.29, 0.717) is 0 Å². The molecule has 0 amide bonds. The molecule has 3 aromatic carbocycles. The predicted octanol–water partition coefficient (Wildman–Crippen LogP) is 5.22. The molecule has 1 atom stereocenters. The third kappa shape index (κ3) is 3.05. The average molecular weight is 345 g/mol. The first-order valence-corrected chi connectivity index (χ1v) is 9.19. The predicted molar refractivity (Wildman–Crippen MR) is 106 cm³/mol. The zero-order chi connectivity index (χ0) is 18.1. The van der Waals surface area contributed by atoms with Gasteiger partial charge in [-0.15, -0.1) is 0 Å². The zero-order valence-electron chi connectivity index (χ0n) is 15.2. The van der Waals surface area contributed by atoms with Crippen LogP contribution < -0.4 is 9.64 Å². The summed E-state index contributed by atoms with van der Waals surface area (Å²) in [5, 5.41) is 2.53. The van der Waals surface area contributed by atoms with Crippen molar-refractivity contribution in [3.63, 3.8) is 0 Å². The molecule has 0 fully saturated rings. The Bertz CT molecular complexity index is 958. The number of rotatable bonds is 4. The lowest BCUT2D eigenvalue weighted by Crippen LogP contribution is -2.39. The van der Waals surface area contributed by atoms with Crippen LogP contribution in [0.5, 0.6) is 5.75 Å². The maximum Gasteiger partial charge on any atom is 0.159 e. The van der Waals surface area contributed by atoms with E-state index in [-0.39, 0.29) is 11.9 Å². The number of anilines is 1. The standard InChI is InChI=1S/C23H23NO2/c1-3-20-15-24(22-13-18(16(2)25)11-12-23(22)26-20)14-19-9-6-8-17-7-4-5-10-21(17)19/h4-13,20H,3,14-15H2,1-2H3. The van der Waals surface area contributed by atoms with E-state index < -0.39 is 0 Å². The Morgan fingerprint density at radius 2 is 1.92 bits per heavy atom. The molecule has 0 bridgehead atoms. The molecule has 0 aromatic heterocycles. The Morgan fingerprint density at radius 3 is 2.73 bits per heavy atom. The van der Waals surface area contributed by atoms with E-state index in [1.807, 2.05) is 18.2 Å². The minimum Gasteiger partial charge on any atom is -0.486 e. The number of Topliss-reactive ketones (excluding diaryl/α,β-unsaturated/α-hetero) is 1. The molecular weight excluding hydrogens is 322 g/mol. The number of carbonyl (C=O) groups is 1. The van der Waals surface area contributed by atoms with Gasteiger partial charge < -0.3 is 9.64 Å². The summed E-state index contributed by atoms with van der Waals surface area (Å²) in [7, 11) is 0. The number of benzene rings is 3. The molecule has 3 nitrogen and oxygen atoms in total. The van der Waals surface area contributed by atoms with Crippen LogP contribution in [0.4, 0.5) is 5.69 Å². The minimum absolute atomic E-state index is 0.0792. The van der Waals surface area contributed by atoms with E-state index in [0.717, 1.165) is 36.5 Å². The van der Waals surface area contributed by atoms with E-state index in [4.69, 9.17) is 4.74 Å². The van der Waals surface area contributed by atoms with Crippen LogP contribution >= 0.6 is 0 Å². The number of nitrogens with zero attached hydrogens (tertiary/aromatic N) is 1. The van der Waals surface area contributed by atoms with Gasteiger partial charge in [0, 0.05) is 12.1 Å². The lowest BCUT2D eigenvalue weighted by molar-refractivity contribution is 0.101. The van der Waals surface area contributed by atoms with Crippen molar-refractivity contribution in [2.45, 2.75) is 32.9 Å². The van der Waals surface area contributed by atoms with Crippen molar-refractivity contribution < 1.29 is 9.53 Å². The number of hydrogen-bond acceptors (Lipinski definition) is 3. The average Bonchev–Trinajstić information content (AvgIpc) is 2.67. The van der Waals surface area contributed by atoms with Gasteiger partial charge in [-0.25, -0.2) is 0 Å². The van der Waals surface area contributed by atoms with Crippen molar-refractivity contribution in [3.8, 4) is 5.75 Å². The lowest BCUT2D eigenvalue weighted by atomic mass is 10.0. The molecule has 0 radical (unpaired) electrons. The van der Waals surface area contributed by atoms with Crippen LogP contribution in [0, 0.1) is 0 Å². The molecule has 3 aromatic rings. The van der Waals surface area contributed by atoms with Gasteiger partial charge in [-0.05, 0) is 47.9 Å². The second-order valence-electron chi connectivity index (χ2n) is 6.91. The van der Waals surface area contributed by atoms with Crippen LogP contribution in [0.1, 0.15) is 36.2 Å². The highest BCUT2D eigenvalue weighted by Crippen LogP contribution is 2.36. The molecule has 0 N–H and O–H groups in total. The van der Waals surface area contributed by atoms with Gasteiger partial charge in [-0.2, -0.15) is 0 Å². The summed E-state index contributed by atoms with van der Waals surface area (Å²) in [6, 6.07) is 20.7. The van der Waals surface area contributed by atoms with Crippen LogP contribution in [0.3, 0.4) is 0 Å². The van der Waals surface area contributed by atoms with Gasteiger partial charge in [-0.3, -0.25) is 4.79 Å². The fourth-order valence-electron chi connectivity index (χ4n) is 3.64. The van der Waals surface area contributed by atoms with E-state index in [2.05, 4.69) is 54.3 Å². The number of ether oxygens (including phenoxy) is 1. The maximum atomic E-state index is 11.8. The first-order valence-electron chi connectivity index (χ1n) is 9.19. The molecule has 1 unspecified atom stereocenters. The van der Waals surface area contributed by atoms with Gasteiger partial charge in [0.2, 0.25) is 0 Å². The maximum absolute atomic E-state index is 11.8. The van der Waals surface area contributed by atoms with Gasteiger partial charge in [0.15, 0.2) is 5.78 Å². The van der Waals surface area contributed by atoms with Gasteiger partial charge in [0.05, 0.1) is 12.2 Å². The summed E-state index contributed by atoms with van der Waals surface area (Å²) in [5.41, 5.74) is 3.03. The van der Waals surface area contributed by atoms with Crippen molar-refractivity contribution in [2.24, 2.45) is 0 Å². The van der Waals surface area contributed by atoms with Crippen molar-refractivity contribution >= 4 is 22.2 Å². The third-order valence-electron chi connectivity index (χ3n) is 5.12. The highest BCUT2D eigenvalue weighted by atomic mass is 16.5. The highest BCUT2D eigenvalue weighted by molar-refractivity contribution is 5.95. The number of ketones is 1. The van der Waals surface area contributed by atoms with Crippen molar-refractivity contribution in [1.29, 1.82) is 0 Å².